The van der Waals surface area contributed by atoms with Gasteiger partial charge >= 0.3 is 0 Å². The molecule has 2 unspecified atom stereocenters. The highest BCUT2D eigenvalue weighted by Gasteiger charge is 2.28. The van der Waals surface area contributed by atoms with Crippen LogP contribution in [0.15, 0.2) is 41.4 Å². The second kappa shape index (κ2) is 5.70. The van der Waals surface area contributed by atoms with Gasteiger partial charge in [-0.2, -0.15) is 0 Å². The maximum absolute atomic E-state index is 6.32. The van der Waals surface area contributed by atoms with Crippen molar-refractivity contribution < 1.29 is 0 Å². The third kappa shape index (κ3) is 2.84. The van der Waals surface area contributed by atoms with Crippen molar-refractivity contribution >= 4 is 40.3 Å². The fourth-order valence-corrected chi connectivity index (χ4v) is 2.35. The van der Waals surface area contributed by atoms with E-state index in [-0.39, 0.29) is 11.5 Å². The monoisotopic (exact) mass is 336 g/mol. The van der Waals surface area contributed by atoms with Crippen molar-refractivity contribution in [1.82, 2.24) is 3.11 Å². The first-order valence-electron chi connectivity index (χ1n) is 4.74. The van der Waals surface area contributed by atoms with Gasteiger partial charge in [0.25, 0.3) is 0 Å². The first-order chi connectivity index (χ1) is 7.11. The molecule has 1 aliphatic rings. The van der Waals surface area contributed by atoms with Gasteiger partial charge in [0, 0.05) is 0 Å². The molecule has 1 heterocycles. The van der Waals surface area contributed by atoms with E-state index in [1.807, 2.05) is 35.2 Å². The first-order valence-corrected chi connectivity index (χ1v) is 6.14. The predicted molar refractivity (Wildman–Crippen MR) is 75.5 cm³/mol. The van der Waals surface area contributed by atoms with Gasteiger partial charge in [0.05, 0.1) is 28.9 Å². The van der Waals surface area contributed by atoms with Crippen LogP contribution < -0.4 is 0 Å². The summed E-state index contributed by atoms with van der Waals surface area (Å²) in [6.07, 6.45) is 7.61. The Morgan fingerprint density at radius 1 is 1.60 bits per heavy atom. The lowest BCUT2D eigenvalue weighted by atomic mass is 10.1. The summed E-state index contributed by atoms with van der Waals surface area (Å²) >= 11 is 8.50. The van der Waals surface area contributed by atoms with E-state index >= 15 is 0 Å². The predicted octanol–water partition coefficient (Wildman–Crippen LogP) is 3.69. The van der Waals surface area contributed by atoms with Crippen LogP contribution in [0.1, 0.15) is 13.8 Å². The van der Waals surface area contributed by atoms with E-state index in [2.05, 4.69) is 34.4 Å². The summed E-state index contributed by atoms with van der Waals surface area (Å²) < 4.78 is 1.93. The third-order valence-electron chi connectivity index (χ3n) is 2.13. The minimum atomic E-state index is -0.151. The molecule has 0 fully saturated rings. The van der Waals surface area contributed by atoms with Crippen LogP contribution in [0.2, 0.25) is 0 Å². The molecule has 0 spiro atoms. The van der Waals surface area contributed by atoms with Gasteiger partial charge in [-0.25, -0.2) is 0 Å². The first kappa shape index (κ1) is 12.8. The summed E-state index contributed by atoms with van der Waals surface area (Å²) in [4.78, 5) is 4.55. The van der Waals surface area contributed by atoms with Crippen molar-refractivity contribution in [1.29, 1.82) is 0 Å². The van der Waals surface area contributed by atoms with Crippen molar-refractivity contribution in [3.05, 3.63) is 36.5 Å². The summed E-state index contributed by atoms with van der Waals surface area (Å²) in [5, 5.41) is 0. The highest BCUT2D eigenvalue weighted by atomic mass is 127. The quantitative estimate of drug-likeness (QED) is 0.325. The molecule has 1 aliphatic heterocycles. The van der Waals surface area contributed by atoms with Gasteiger partial charge in [0.1, 0.15) is 11.3 Å². The highest BCUT2D eigenvalue weighted by Crippen LogP contribution is 2.29. The van der Waals surface area contributed by atoms with Gasteiger partial charge < -0.3 is 0 Å². The summed E-state index contributed by atoms with van der Waals surface area (Å²) in [5.74, 6) is 0.909. The van der Waals surface area contributed by atoms with Crippen molar-refractivity contribution in [3.63, 3.8) is 0 Å². The zero-order valence-corrected chi connectivity index (χ0v) is 11.7. The maximum Gasteiger partial charge on any atom is 0.138 e. The Bertz CT molecular complexity index is 333. The average molecular weight is 337 g/mol. The molecule has 0 aromatic rings. The SMILES string of the molecule is C=C/C=C1\C(C)N=C(/C=C/C)N(I)C1Cl. The van der Waals surface area contributed by atoms with Crippen LogP contribution in [0.5, 0.6) is 0 Å². The average Bonchev–Trinajstić information content (AvgIpc) is 2.21. The van der Waals surface area contributed by atoms with E-state index < -0.39 is 0 Å². The van der Waals surface area contributed by atoms with Crippen LogP contribution >= 0.6 is 34.5 Å². The molecule has 0 saturated carbocycles. The summed E-state index contributed by atoms with van der Waals surface area (Å²) in [6.45, 7) is 7.69. The standard InChI is InChI=1S/C11H14ClIN2/c1-4-6-9-8(3)14-10(7-5-2)15(13)11(9)12/h4-8,11H,1H2,2-3H3/b7-5+,9-6+. The minimum absolute atomic E-state index is 0.114. The van der Waals surface area contributed by atoms with Crippen molar-refractivity contribution in [2.45, 2.75) is 25.4 Å². The molecule has 2 nitrogen and oxygen atoms in total. The molecule has 0 aromatic carbocycles. The molecule has 0 bridgehead atoms. The van der Waals surface area contributed by atoms with Gasteiger partial charge in [-0.15, -0.1) is 0 Å². The molecule has 0 aromatic heterocycles. The lowest BCUT2D eigenvalue weighted by Gasteiger charge is -2.32. The molecule has 0 radical (unpaired) electrons. The lowest BCUT2D eigenvalue weighted by Crippen LogP contribution is -2.37. The Balaban J connectivity index is 3.07. The highest BCUT2D eigenvalue weighted by molar-refractivity contribution is 14.1. The van der Waals surface area contributed by atoms with Crippen molar-refractivity contribution in [3.8, 4) is 0 Å². The Labute approximate surface area is 110 Å². The van der Waals surface area contributed by atoms with Crippen LogP contribution in [-0.4, -0.2) is 20.5 Å². The Hall–Kier alpha value is -0.290. The van der Waals surface area contributed by atoms with E-state index in [0.29, 0.717) is 0 Å². The molecular weight excluding hydrogens is 322 g/mol. The molecule has 4 heteroatoms. The second-order valence-corrected chi connectivity index (χ2v) is 4.67. The molecule has 0 aliphatic carbocycles. The number of alkyl halides is 1. The molecule has 0 N–H and O–H groups in total. The molecular formula is C11H14ClIN2. The van der Waals surface area contributed by atoms with Crippen LogP contribution in [0.3, 0.4) is 0 Å². The van der Waals surface area contributed by atoms with Gasteiger partial charge in [0.15, 0.2) is 0 Å². The summed E-state index contributed by atoms with van der Waals surface area (Å²) in [6, 6.07) is 0.114. The molecule has 82 valence electrons. The molecule has 2 atom stereocenters. The van der Waals surface area contributed by atoms with Crippen molar-refractivity contribution in [2.75, 3.05) is 0 Å². The number of hydrogen-bond acceptors (Lipinski definition) is 2. The van der Waals surface area contributed by atoms with E-state index in [0.717, 1.165) is 11.4 Å². The van der Waals surface area contributed by atoms with E-state index in [1.165, 1.54) is 0 Å². The van der Waals surface area contributed by atoms with Crippen LogP contribution in [0, 0.1) is 0 Å². The Morgan fingerprint density at radius 2 is 2.27 bits per heavy atom. The normalized spacial score (nSPS) is 29.7. The van der Waals surface area contributed by atoms with Crippen molar-refractivity contribution in [2.24, 2.45) is 4.99 Å². The van der Waals surface area contributed by atoms with Gasteiger partial charge in [-0.1, -0.05) is 36.4 Å². The van der Waals surface area contributed by atoms with Crippen LogP contribution in [0.25, 0.3) is 0 Å². The molecule has 0 saturated heterocycles. The fraction of sp³-hybridized carbons (Fsp3) is 0.364. The number of amidine groups is 1. The van der Waals surface area contributed by atoms with Gasteiger partial charge in [-0.05, 0) is 25.5 Å². The zero-order valence-electron chi connectivity index (χ0n) is 8.82. The smallest absolute Gasteiger partial charge is 0.138 e. The number of nitrogens with zero attached hydrogens (tertiary/aromatic N) is 2. The maximum atomic E-state index is 6.32. The van der Waals surface area contributed by atoms with Gasteiger partial charge in [-0.3, -0.25) is 8.11 Å². The number of halogens is 2. The molecule has 1 rings (SSSR count). The fourth-order valence-electron chi connectivity index (χ4n) is 1.39. The molecule has 0 amide bonds. The number of allylic oxidation sites excluding steroid dienone is 3. The Morgan fingerprint density at radius 3 is 2.80 bits per heavy atom. The Kier molecular flexibility index (Phi) is 4.86. The van der Waals surface area contributed by atoms with Crippen LogP contribution in [-0.2, 0) is 0 Å². The number of hydrogen-bond donors (Lipinski definition) is 0. The largest absolute Gasteiger partial charge is 0.278 e. The minimum Gasteiger partial charge on any atom is -0.278 e. The summed E-state index contributed by atoms with van der Waals surface area (Å²) in [7, 11) is 0. The van der Waals surface area contributed by atoms with E-state index in [4.69, 9.17) is 11.6 Å². The zero-order chi connectivity index (χ0) is 11.4. The lowest BCUT2D eigenvalue weighted by molar-refractivity contribution is 0.623. The third-order valence-corrected chi connectivity index (χ3v) is 3.96. The topological polar surface area (TPSA) is 15.6 Å². The van der Waals surface area contributed by atoms with Gasteiger partial charge in [0.2, 0.25) is 0 Å². The van der Waals surface area contributed by atoms with E-state index in [9.17, 15) is 0 Å². The number of rotatable bonds is 2. The van der Waals surface area contributed by atoms with Crippen LogP contribution in [0.4, 0.5) is 0 Å². The van der Waals surface area contributed by atoms with E-state index in [1.54, 1.807) is 6.08 Å². The second-order valence-electron chi connectivity index (χ2n) is 3.21. The number of aliphatic imine (C=N–C) groups is 1. The molecule has 15 heavy (non-hydrogen) atoms. The summed E-state index contributed by atoms with van der Waals surface area (Å²) in [5.41, 5.74) is 0.927.